The van der Waals surface area contributed by atoms with Gasteiger partial charge in [-0.25, -0.2) is 4.39 Å². The van der Waals surface area contributed by atoms with Crippen molar-refractivity contribution in [3.05, 3.63) is 24.0 Å². The van der Waals surface area contributed by atoms with Crippen molar-refractivity contribution in [2.75, 3.05) is 44.2 Å². The summed E-state index contributed by atoms with van der Waals surface area (Å²) in [5, 5.41) is 10.3. The standard InChI is InChI=1S/C22H29F4N3O3/c1-15-20(31)28(9-2-8-27-10-7-21(5-6-21)19(30)14-27)11-12-29(15)16-3-4-17(23)18(13-16)32-22(24,25)26/h3-4,13,15,19,30H,2,5-12,14H2,1H3/t15?,19-/m1/s1. The zero-order valence-electron chi connectivity index (χ0n) is 18.1. The number of β-amino-alcohol motifs (C(OH)–C–C–N with tert-alkyl or cyclic N) is 1. The third-order valence-corrected chi connectivity index (χ3v) is 7.08. The molecule has 1 aromatic carbocycles. The molecule has 1 spiro atoms. The lowest BCUT2D eigenvalue weighted by Crippen LogP contribution is -2.56. The number of piperazine rings is 1. The summed E-state index contributed by atoms with van der Waals surface area (Å²) in [5.41, 5.74) is 0.478. The first-order valence-electron chi connectivity index (χ1n) is 11.1. The molecule has 178 valence electrons. The van der Waals surface area contributed by atoms with Crippen LogP contribution >= 0.6 is 0 Å². The van der Waals surface area contributed by atoms with Gasteiger partial charge in [0.2, 0.25) is 5.91 Å². The van der Waals surface area contributed by atoms with Crippen LogP contribution in [0.3, 0.4) is 0 Å². The number of rotatable bonds is 6. The molecule has 1 amide bonds. The number of carbonyl (C=O) groups excluding carboxylic acids is 1. The highest BCUT2D eigenvalue weighted by Crippen LogP contribution is 2.53. The van der Waals surface area contributed by atoms with Gasteiger partial charge in [-0.15, -0.1) is 13.2 Å². The number of nitrogens with zero attached hydrogens (tertiary/aromatic N) is 3. The Bertz CT molecular complexity index is 846. The largest absolute Gasteiger partial charge is 0.573 e. The maximum absolute atomic E-state index is 13.7. The molecule has 1 aromatic rings. The van der Waals surface area contributed by atoms with Gasteiger partial charge in [-0.3, -0.25) is 4.79 Å². The van der Waals surface area contributed by atoms with E-state index in [-0.39, 0.29) is 17.4 Å². The molecule has 0 aromatic heterocycles. The lowest BCUT2D eigenvalue weighted by Gasteiger charge is -2.41. The number of likely N-dealkylation sites (tertiary alicyclic amines) is 1. The number of benzene rings is 1. The van der Waals surface area contributed by atoms with Gasteiger partial charge in [0.25, 0.3) is 0 Å². The lowest BCUT2D eigenvalue weighted by atomic mass is 9.90. The second kappa shape index (κ2) is 8.70. The molecule has 10 heteroatoms. The zero-order valence-corrected chi connectivity index (χ0v) is 18.1. The van der Waals surface area contributed by atoms with Crippen LogP contribution in [0.15, 0.2) is 18.2 Å². The highest BCUT2D eigenvalue weighted by atomic mass is 19.4. The van der Waals surface area contributed by atoms with Crippen molar-refractivity contribution in [3.8, 4) is 5.75 Å². The van der Waals surface area contributed by atoms with Gasteiger partial charge in [-0.1, -0.05) is 0 Å². The first-order chi connectivity index (χ1) is 15.1. The number of aliphatic hydroxyl groups excluding tert-OH is 1. The third kappa shape index (κ3) is 4.96. The Morgan fingerprint density at radius 3 is 2.56 bits per heavy atom. The van der Waals surface area contributed by atoms with Crippen molar-refractivity contribution in [3.63, 3.8) is 0 Å². The first-order valence-corrected chi connectivity index (χ1v) is 11.1. The molecular formula is C22H29F4N3O3. The molecule has 0 bridgehead atoms. The Hall–Kier alpha value is -2.07. The Kier molecular flexibility index (Phi) is 6.28. The van der Waals surface area contributed by atoms with Crippen LogP contribution in [0.4, 0.5) is 23.2 Å². The Balaban J connectivity index is 1.30. The number of halogens is 4. The van der Waals surface area contributed by atoms with Crippen LogP contribution in [0.25, 0.3) is 0 Å². The molecule has 4 rings (SSSR count). The topological polar surface area (TPSA) is 56.2 Å². The molecule has 1 saturated carbocycles. The monoisotopic (exact) mass is 459 g/mol. The van der Waals surface area contributed by atoms with Crippen molar-refractivity contribution in [2.45, 2.75) is 51.1 Å². The van der Waals surface area contributed by atoms with E-state index in [0.717, 1.165) is 50.9 Å². The van der Waals surface area contributed by atoms with E-state index in [4.69, 9.17) is 0 Å². The highest BCUT2D eigenvalue weighted by Gasteiger charge is 2.51. The van der Waals surface area contributed by atoms with Crippen LogP contribution in [-0.4, -0.2) is 78.6 Å². The number of hydrogen-bond acceptors (Lipinski definition) is 5. The molecule has 6 nitrogen and oxygen atoms in total. The molecule has 2 heterocycles. The van der Waals surface area contributed by atoms with Gasteiger partial charge in [0.15, 0.2) is 11.6 Å². The molecule has 2 atom stereocenters. The van der Waals surface area contributed by atoms with Gasteiger partial charge < -0.3 is 24.5 Å². The van der Waals surface area contributed by atoms with Crippen LogP contribution in [-0.2, 0) is 4.79 Å². The molecule has 3 fully saturated rings. The van der Waals surface area contributed by atoms with Gasteiger partial charge in [-0.2, -0.15) is 0 Å². The van der Waals surface area contributed by atoms with Gasteiger partial charge in [0, 0.05) is 37.9 Å². The number of piperidine rings is 1. The van der Waals surface area contributed by atoms with Gasteiger partial charge >= 0.3 is 6.36 Å². The Labute approximate surface area is 184 Å². The molecule has 2 aliphatic heterocycles. The fourth-order valence-corrected chi connectivity index (χ4v) is 4.89. The lowest BCUT2D eigenvalue weighted by molar-refractivity contribution is -0.275. The zero-order chi connectivity index (χ0) is 23.1. The summed E-state index contributed by atoms with van der Waals surface area (Å²) in [6.45, 7) is 5.60. The predicted molar refractivity (Wildman–Crippen MR) is 110 cm³/mol. The van der Waals surface area contributed by atoms with Gasteiger partial charge in [0.1, 0.15) is 6.04 Å². The maximum atomic E-state index is 13.7. The van der Waals surface area contributed by atoms with Crippen LogP contribution in [0.2, 0.25) is 0 Å². The van der Waals surface area contributed by atoms with E-state index in [1.807, 2.05) is 0 Å². The van der Waals surface area contributed by atoms with E-state index >= 15 is 0 Å². The van der Waals surface area contributed by atoms with E-state index in [1.165, 1.54) is 6.07 Å². The molecular weight excluding hydrogens is 430 g/mol. The first kappa shape index (κ1) is 23.1. The minimum absolute atomic E-state index is 0.116. The Morgan fingerprint density at radius 2 is 1.91 bits per heavy atom. The normalized spacial score (nSPS) is 26.0. The average molecular weight is 459 g/mol. The summed E-state index contributed by atoms with van der Waals surface area (Å²) in [6, 6.07) is 2.67. The molecule has 1 N–H and O–H groups in total. The summed E-state index contributed by atoms with van der Waals surface area (Å²) >= 11 is 0. The summed E-state index contributed by atoms with van der Waals surface area (Å²) < 4.78 is 55.1. The predicted octanol–water partition coefficient (Wildman–Crippen LogP) is 3.00. The van der Waals surface area contributed by atoms with Crippen LogP contribution in [0, 0.1) is 11.2 Å². The van der Waals surface area contributed by atoms with Gasteiger partial charge in [0.05, 0.1) is 6.10 Å². The fourth-order valence-electron chi connectivity index (χ4n) is 4.89. The van der Waals surface area contributed by atoms with Crippen LogP contribution in [0.1, 0.15) is 32.6 Å². The molecule has 3 aliphatic rings. The average Bonchev–Trinajstić information content (AvgIpc) is 3.50. The van der Waals surface area contributed by atoms with Crippen LogP contribution < -0.4 is 9.64 Å². The smallest absolute Gasteiger partial charge is 0.403 e. The van der Waals surface area contributed by atoms with E-state index in [0.29, 0.717) is 31.9 Å². The minimum Gasteiger partial charge on any atom is -0.403 e. The molecule has 32 heavy (non-hydrogen) atoms. The van der Waals surface area contributed by atoms with Crippen molar-refractivity contribution in [2.24, 2.45) is 5.41 Å². The molecule has 2 saturated heterocycles. The number of ether oxygens (including phenoxy) is 1. The Morgan fingerprint density at radius 1 is 1.16 bits per heavy atom. The van der Waals surface area contributed by atoms with Gasteiger partial charge in [-0.05, 0) is 63.2 Å². The number of hydrogen-bond donors (Lipinski definition) is 1. The quantitative estimate of drug-likeness (QED) is 0.663. The number of aliphatic hydroxyl groups is 1. The van der Waals surface area contributed by atoms with E-state index in [9.17, 15) is 27.5 Å². The SMILES string of the molecule is CC1C(=O)N(CCCN2CCC3(CC3)[C@H](O)C2)CCN1c1ccc(F)c(OC(F)(F)F)c1. The summed E-state index contributed by atoms with van der Waals surface area (Å²) in [6.07, 6.45) is -1.20. The van der Waals surface area contributed by atoms with Crippen molar-refractivity contribution in [1.29, 1.82) is 0 Å². The molecule has 0 radical (unpaired) electrons. The molecule has 1 aliphatic carbocycles. The third-order valence-electron chi connectivity index (χ3n) is 7.08. The number of alkyl halides is 3. The van der Waals surface area contributed by atoms with E-state index in [2.05, 4.69) is 9.64 Å². The number of anilines is 1. The summed E-state index contributed by atoms with van der Waals surface area (Å²) in [7, 11) is 0. The number of carbonyl (C=O) groups is 1. The van der Waals surface area contributed by atoms with Crippen molar-refractivity contribution in [1.82, 2.24) is 9.80 Å². The maximum Gasteiger partial charge on any atom is 0.573 e. The second-order valence-corrected chi connectivity index (χ2v) is 9.14. The fraction of sp³-hybridized carbons (Fsp3) is 0.682. The van der Waals surface area contributed by atoms with Crippen molar-refractivity contribution >= 4 is 11.6 Å². The second-order valence-electron chi connectivity index (χ2n) is 9.14. The summed E-state index contributed by atoms with van der Waals surface area (Å²) in [4.78, 5) is 18.5. The van der Waals surface area contributed by atoms with Crippen LogP contribution in [0.5, 0.6) is 5.75 Å². The van der Waals surface area contributed by atoms with E-state index in [1.54, 1.807) is 16.7 Å². The number of amides is 1. The highest BCUT2D eigenvalue weighted by molar-refractivity contribution is 5.86. The summed E-state index contributed by atoms with van der Waals surface area (Å²) in [5.74, 6) is -2.14. The van der Waals surface area contributed by atoms with E-state index < -0.39 is 24.0 Å². The van der Waals surface area contributed by atoms with Crippen molar-refractivity contribution < 1.29 is 32.2 Å². The minimum atomic E-state index is -5.00. The molecule has 1 unspecified atom stereocenters.